The van der Waals surface area contributed by atoms with Gasteiger partial charge in [-0.3, -0.25) is 0 Å². The first-order chi connectivity index (χ1) is 13.9. The molecule has 0 atom stereocenters. The maximum Gasteiger partial charge on any atom is 0.673 e. The van der Waals surface area contributed by atoms with Gasteiger partial charge in [-0.1, -0.05) is 78.1 Å². The summed E-state index contributed by atoms with van der Waals surface area (Å²) in [5.41, 5.74) is 2.59. The van der Waals surface area contributed by atoms with E-state index in [1.54, 1.807) is 0 Å². The molecule has 29 heavy (non-hydrogen) atoms. The summed E-state index contributed by atoms with van der Waals surface area (Å²) in [6, 6.07) is 34.6. The van der Waals surface area contributed by atoms with Crippen LogP contribution in [0.15, 0.2) is 116 Å². The van der Waals surface area contributed by atoms with E-state index < -0.39 is 7.25 Å². The molecule has 148 valence electrons. The Morgan fingerprint density at radius 3 is 1.45 bits per heavy atom. The first-order valence-corrected chi connectivity index (χ1v) is 10.9. The van der Waals surface area contributed by atoms with E-state index in [0.717, 1.165) is 0 Å². The summed E-state index contributed by atoms with van der Waals surface area (Å²) >= 11 is 1.85. The molecule has 0 saturated carbocycles. The van der Waals surface area contributed by atoms with Gasteiger partial charge in [-0.25, -0.2) is 0 Å². The molecule has 1 heterocycles. The lowest BCUT2D eigenvalue weighted by Gasteiger charge is -2.05. The second-order valence-electron chi connectivity index (χ2n) is 5.95. The van der Waals surface area contributed by atoms with Crippen molar-refractivity contribution < 1.29 is 17.3 Å². The Bertz CT molecular complexity index is 958. The van der Waals surface area contributed by atoms with Gasteiger partial charge in [-0.05, 0) is 35.4 Å². The Balaban J connectivity index is 0.000000431. The highest BCUT2D eigenvalue weighted by Gasteiger charge is 2.30. The molecule has 4 rings (SSSR count). The zero-order valence-corrected chi connectivity index (χ0v) is 16.9. The molecule has 0 nitrogen and oxygen atoms in total. The van der Waals surface area contributed by atoms with Crippen molar-refractivity contribution in [1.29, 1.82) is 0 Å². The number of benzene rings is 3. The molecule has 1 aromatic heterocycles. The molecule has 0 fully saturated rings. The van der Waals surface area contributed by atoms with E-state index in [2.05, 4.69) is 102 Å². The maximum absolute atomic E-state index is 9.75. The van der Waals surface area contributed by atoms with E-state index in [1.807, 2.05) is 11.3 Å². The molecule has 0 N–H and O–H groups in total. The number of hydrogen-bond acceptors (Lipinski definition) is 1. The van der Waals surface area contributed by atoms with Crippen LogP contribution in [0, 0.1) is 0 Å². The van der Waals surface area contributed by atoms with E-state index >= 15 is 0 Å². The molecule has 0 radical (unpaired) electrons. The summed E-state index contributed by atoms with van der Waals surface area (Å²) in [5, 5.41) is 2.27. The van der Waals surface area contributed by atoms with Crippen LogP contribution in [0.3, 0.4) is 0 Å². The predicted molar refractivity (Wildman–Crippen MR) is 115 cm³/mol. The summed E-state index contributed by atoms with van der Waals surface area (Å²) in [6.45, 7) is 0. The molecular formula is C22H17BF4S2. The van der Waals surface area contributed by atoms with Gasteiger partial charge in [-0.2, -0.15) is 0 Å². The van der Waals surface area contributed by atoms with Crippen molar-refractivity contribution in [3.63, 3.8) is 0 Å². The highest BCUT2D eigenvalue weighted by Crippen LogP contribution is 2.37. The van der Waals surface area contributed by atoms with Gasteiger partial charge < -0.3 is 17.3 Å². The molecule has 0 unspecified atom stereocenters. The monoisotopic (exact) mass is 432 g/mol. The molecule has 4 aromatic rings. The fourth-order valence-electron chi connectivity index (χ4n) is 2.69. The van der Waals surface area contributed by atoms with Crippen molar-refractivity contribution in [2.75, 3.05) is 0 Å². The normalized spacial score (nSPS) is 11.1. The Hall–Kier alpha value is -2.51. The lowest BCUT2D eigenvalue weighted by molar-refractivity contribution is 0.368. The number of hydrogen-bond donors (Lipinski definition) is 0. The fraction of sp³-hybridized carbons (Fsp3) is 0. The average molecular weight is 432 g/mol. The van der Waals surface area contributed by atoms with Crippen LogP contribution < -0.4 is 0 Å². The van der Waals surface area contributed by atoms with E-state index in [4.69, 9.17) is 0 Å². The standard InChI is InChI=1S/C22H17S2.BF4/c1-4-10-18(11-5-1)19-16-22(23-17-19)24(20-12-6-2-7-13-20)21-14-8-3-9-15-21;2-1(3,4)5/h1-17H;/q+1;-1. The van der Waals surface area contributed by atoms with E-state index in [1.165, 1.54) is 25.1 Å². The van der Waals surface area contributed by atoms with Crippen molar-refractivity contribution in [3.8, 4) is 11.1 Å². The SMILES string of the molecule is F[B-](F)(F)F.c1ccc(-c2csc([S+](c3ccccc3)c3ccccc3)c2)cc1. The minimum Gasteiger partial charge on any atom is -0.418 e. The minimum atomic E-state index is -6.00. The Morgan fingerprint density at radius 2 is 1.00 bits per heavy atom. The van der Waals surface area contributed by atoms with E-state index in [9.17, 15) is 17.3 Å². The predicted octanol–water partition coefficient (Wildman–Crippen LogP) is 7.81. The Labute approximate surface area is 174 Å². The summed E-state index contributed by atoms with van der Waals surface area (Å²) in [7, 11) is -6.05. The Kier molecular flexibility index (Phi) is 7.17. The molecule has 3 aromatic carbocycles. The van der Waals surface area contributed by atoms with Crippen LogP contribution in [0.4, 0.5) is 17.3 Å². The van der Waals surface area contributed by atoms with Crippen molar-refractivity contribution in [1.82, 2.24) is 0 Å². The number of thiophene rings is 1. The van der Waals surface area contributed by atoms with Crippen LogP contribution >= 0.6 is 11.3 Å². The number of halogens is 4. The van der Waals surface area contributed by atoms with Crippen LogP contribution in [-0.4, -0.2) is 7.25 Å². The highest BCUT2D eigenvalue weighted by molar-refractivity contribution is 7.98. The summed E-state index contributed by atoms with van der Waals surface area (Å²) in [6.07, 6.45) is 0. The second-order valence-corrected chi connectivity index (χ2v) is 9.11. The first kappa shape index (κ1) is 21.2. The smallest absolute Gasteiger partial charge is 0.418 e. The quantitative estimate of drug-likeness (QED) is 0.175. The van der Waals surface area contributed by atoms with E-state index in [0.29, 0.717) is 0 Å². The topological polar surface area (TPSA) is 0 Å². The molecule has 7 heteroatoms. The van der Waals surface area contributed by atoms with Gasteiger partial charge in [0.2, 0.25) is 4.21 Å². The molecule has 0 aliphatic rings. The molecule has 0 bridgehead atoms. The molecular weight excluding hydrogens is 415 g/mol. The van der Waals surface area contributed by atoms with Crippen LogP contribution in [0.1, 0.15) is 0 Å². The van der Waals surface area contributed by atoms with Gasteiger partial charge in [0, 0.05) is 11.4 Å². The van der Waals surface area contributed by atoms with Gasteiger partial charge in [-0.15, -0.1) is 0 Å². The lowest BCUT2D eigenvalue weighted by Crippen LogP contribution is -2.02. The van der Waals surface area contributed by atoms with Crippen LogP contribution in [-0.2, 0) is 10.9 Å². The van der Waals surface area contributed by atoms with Crippen molar-refractivity contribution in [2.24, 2.45) is 0 Å². The third-order valence-electron chi connectivity index (χ3n) is 3.84. The van der Waals surface area contributed by atoms with Crippen LogP contribution in [0.2, 0.25) is 0 Å². The molecule has 0 amide bonds. The van der Waals surface area contributed by atoms with Crippen molar-refractivity contribution in [2.45, 2.75) is 14.0 Å². The first-order valence-electron chi connectivity index (χ1n) is 8.77. The molecule has 0 saturated heterocycles. The molecule has 0 spiro atoms. The fourth-order valence-corrected chi connectivity index (χ4v) is 6.28. The third kappa shape index (κ3) is 6.51. The lowest BCUT2D eigenvalue weighted by atomic mass is 10.1. The largest absolute Gasteiger partial charge is 0.673 e. The maximum atomic E-state index is 9.75. The minimum absolute atomic E-state index is 0.0491. The summed E-state index contributed by atoms with van der Waals surface area (Å²) in [4.78, 5) is 2.73. The Morgan fingerprint density at radius 1 is 0.586 bits per heavy atom. The van der Waals surface area contributed by atoms with Gasteiger partial charge in [0.1, 0.15) is 10.9 Å². The second kappa shape index (κ2) is 9.81. The summed E-state index contributed by atoms with van der Waals surface area (Å²) < 4.78 is 40.4. The number of rotatable bonds is 4. The average Bonchev–Trinajstić information content (AvgIpc) is 3.19. The highest BCUT2D eigenvalue weighted by atomic mass is 32.2. The van der Waals surface area contributed by atoms with Crippen molar-refractivity contribution >= 4 is 29.5 Å². The van der Waals surface area contributed by atoms with Gasteiger partial charge in [0.25, 0.3) is 0 Å². The zero-order chi connectivity index (χ0) is 20.7. The molecule has 0 aliphatic heterocycles. The van der Waals surface area contributed by atoms with E-state index in [-0.39, 0.29) is 10.9 Å². The molecule has 0 aliphatic carbocycles. The van der Waals surface area contributed by atoms with Crippen molar-refractivity contribution in [3.05, 3.63) is 102 Å². The summed E-state index contributed by atoms with van der Waals surface area (Å²) in [5.74, 6) is 0. The van der Waals surface area contributed by atoms with Crippen LogP contribution in [0.5, 0.6) is 0 Å². The van der Waals surface area contributed by atoms with Gasteiger partial charge >= 0.3 is 7.25 Å². The third-order valence-corrected chi connectivity index (χ3v) is 7.36. The van der Waals surface area contributed by atoms with Gasteiger partial charge in [0.05, 0.1) is 0 Å². The van der Waals surface area contributed by atoms with Crippen LogP contribution in [0.25, 0.3) is 11.1 Å². The van der Waals surface area contributed by atoms with Gasteiger partial charge in [0.15, 0.2) is 9.79 Å². The zero-order valence-electron chi connectivity index (χ0n) is 15.2.